The minimum Gasteiger partial charge on any atom is -0.489 e. The Labute approximate surface area is 152 Å². The molecule has 1 N–H and O–H groups in total. The second-order valence-corrected chi connectivity index (χ2v) is 6.88. The molecule has 0 amide bonds. The fraction of sp³-hybridized carbons (Fsp3) is 0.333. The van der Waals surface area contributed by atoms with E-state index in [1.54, 1.807) is 6.07 Å². The van der Waals surface area contributed by atoms with Crippen molar-refractivity contribution in [2.75, 3.05) is 6.54 Å². The monoisotopic (exact) mass is 371 g/mol. The summed E-state index contributed by atoms with van der Waals surface area (Å²) in [7, 11) is 0. The van der Waals surface area contributed by atoms with Gasteiger partial charge in [0.2, 0.25) is 0 Å². The Morgan fingerprint density at radius 3 is 2.35 bits per heavy atom. The first kappa shape index (κ1) is 18.4. The third-order valence-corrected chi connectivity index (χ3v) is 4.01. The minimum atomic E-state index is 0.0569. The molecule has 2 nitrogen and oxygen atoms in total. The second-order valence-electron chi connectivity index (χ2n) is 5.60. The molecule has 2 aromatic carbocycles. The molecule has 23 heavy (non-hydrogen) atoms. The lowest BCUT2D eigenvalue weighted by atomic mass is 10.1. The van der Waals surface area contributed by atoms with Crippen molar-refractivity contribution in [1.29, 1.82) is 0 Å². The molecule has 5 heteroatoms. The molecule has 0 spiro atoms. The number of hydrogen-bond donors (Lipinski definition) is 1. The molecule has 0 aliphatic carbocycles. The molecule has 0 aliphatic rings. The molecular weight excluding hydrogens is 353 g/mol. The zero-order chi connectivity index (χ0) is 16.8. The minimum absolute atomic E-state index is 0.0569. The van der Waals surface area contributed by atoms with Crippen molar-refractivity contribution in [3.05, 3.63) is 62.6 Å². The van der Waals surface area contributed by atoms with Gasteiger partial charge >= 0.3 is 0 Å². The van der Waals surface area contributed by atoms with Gasteiger partial charge in [-0.1, -0.05) is 46.9 Å². The summed E-state index contributed by atoms with van der Waals surface area (Å²) in [6.45, 7) is 5.44. The van der Waals surface area contributed by atoms with Gasteiger partial charge in [0.15, 0.2) is 0 Å². The van der Waals surface area contributed by atoms with Gasteiger partial charge in [-0.05, 0) is 56.6 Å². The highest BCUT2D eigenvalue weighted by Crippen LogP contribution is 2.33. The summed E-state index contributed by atoms with van der Waals surface area (Å²) >= 11 is 18.2. The molecule has 0 atom stereocenters. The van der Waals surface area contributed by atoms with Crippen LogP contribution in [0, 0.1) is 0 Å². The van der Waals surface area contributed by atoms with Gasteiger partial charge in [-0.3, -0.25) is 0 Å². The van der Waals surface area contributed by atoms with Crippen LogP contribution >= 0.6 is 34.8 Å². The van der Waals surface area contributed by atoms with Crippen LogP contribution in [0.2, 0.25) is 15.1 Å². The largest absolute Gasteiger partial charge is 0.489 e. The Kier molecular flexibility index (Phi) is 7.04. The first-order valence-electron chi connectivity index (χ1n) is 7.55. The van der Waals surface area contributed by atoms with Gasteiger partial charge in [0.25, 0.3) is 0 Å². The van der Waals surface area contributed by atoms with Crippen LogP contribution < -0.4 is 10.1 Å². The predicted molar refractivity (Wildman–Crippen MR) is 99.1 cm³/mol. The van der Waals surface area contributed by atoms with Gasteiger partial charge in [-0.25, -0.2) is 0 Å². The van der Waals surface area contributed by atoms with E-state index in [1.807, 2.05) is 44.2 Å². The van der Waals surface area contributed by atoms with Gasteiger partial charge < -0.3 is 10.1 Å². The lowest BCUT2D eigenvalue weighted by Gasteiger charge is -2.17. The van der Waals surface area contributed by atoms with Crippen LogP contribution in [0.15, 0.2) is 36.4 Å². The first-order chi connectivity index (χ1) is 11.0. The van der Waals surface area contributed by atoms with E-state index in [-0.39, 0.29) is 6.10 Å². The van der Waals surface area contributed by atoms with Crippen LogP contribution in [0.25, 0.3) is 0 Å². The molecule has 2 aromatic rings. The van der Waals surface area contributed by atoms with Crippen molar-refractivity contribution in [2.45, 2.75) is 32.9 Å². The summed E-state index contributed by atoms with van der Waals surface area (Å²) in [6.07, 6.45) is 0.979. The van der Waals surface area contributed by atoms with E-state index in [2.05, 4.69) is 5.32 Å². The molecule has 0 unspecified atom stereocenters. The van der Waals surface area contributed by atoms with Crippen LogP contribution in [0.3, 0.4) is 0 Å². The molecule has 0 aliphatic heterocycles. The van der Waals surface area contributed by atoms with Gasteiger partial charge in [-0.15, -0.1) is 0 Å². The maximum atomic E-state index is 6.25. The van der Waals surface area contributed by atoms with Crippen molar-refractivity contribution in [2.24, 2.45) is 0 Å². The number of rotatable bonds is 7. The zero-order valence-electron chi connectivity index (χ0n) is 13.2. The third kappa shape index (κ3) is 5.89. The quantitative estimate of drug-likeness (QED) is 0.623. The molecule has 0 radical (unpaired) electrons. The zero-order valence-corrected chi connectivity index (χ0v) is 15.5. The number of benzene rings is 2. The number of halogens is 3. The fourth-order valence-corrected chi connectivity index (χ4v) is 2.93. The predicted octanol–water partition coefficient (Wildman–Crippen LogP) is 5.77. The lowest BCUT2D eigenvalue weighted by Crippen LogP contribution is -2.18. The Bertz CT molecular complexity index is 641. The van der Waals surface area contributed by atoms with Crippen molar-refractivity contribution in [1.82, 2.24) is 5.32 Å². The molecule has 0 bridgehead atoms. The van der Waals surface area contributed by atoms with Crippen molar-refractivity contribution in [3.8, 4) is 5.75 Å². The van der Waals surface area contributed by atoms with Gasteiger partial charge in [-0.2, -0.15) is 0 Å². The average molecular weight is 373 g/mol. The van der Waals surface area contributed by atoms with Crippen LogP contribution in [-0.2, 0) is 13.0 Å². The maximum absolute atomic E-state index is 6.25. The van der Waals surface area contributed by atoms with Gasteiger partial charge in [0.05, 0.1) is 11.1 Å². The highest BCUT2D eigenvalue weighted by molar-refractivity contribution is 6.35. The van der Waals surface area contributed by atoms with Crippen LogP contribution in [0.1, 0.15) is 25.0 Å². The molecule has 0 aromatic heterocycles. The van der Waals surface area contributed by atoms with E-state index in [1.165, 1.54) is 5.56 Å². The van der Waals surface area contributed by atoms with Gasteiger partial charge in [0.1, 0.15) is 5.75 Å². The average Bonchev–Trinajstić information content (AvgIpc) is 2.48. The molecule has 0 saturated heterocycles. The molecule has 0 fully saturated rings. The standard InChI is InChI=1S/C18H20Cl3NO/c1-12(2)23-18-14(9-16(20)10-17(18)21)11-22-8-7-13-3-5-15(19)6-4-13/h3-6,9-10,12,22H,7-8,11H2,1-2H3. The van der Waals surface area contributed by atoms with E-state index < -0.39 is 0 Å². The van der Waals surface area contributed by atoms with Crippen LogP contribution in [0.4, 0.5) is 0 Å². The summed E-state index contributed by atoms with van der Waals surface area (Å²) in [4.78, 5) is 0. The second kappa shape index (κ2) is 8.79. The van der Waals surface area contributed by atoms with Crippen molar-refractivity contribution < 1.29 is 4.74 Å². The topological polar surface area (TPSA) is 21.3 Å². The number of ether oxygens (including phenoxy) is 1. The first-order valence-corrected chi connectivity index (χ1v) is 8.69. The van der Waals surface area contributed by atoms with Crippen LogP contribution in [-0.4, -0.2) is 12.6 Å². The van der Waals surface area contributed by atoms with E-state index in [0.29, 0.717) is 22.3 Å². The summed E-state index contributed by atoms with van der Waals surface area (Å²) < 4.78 is 5.81. The normalized spacial score (nSPS) is 11.0. The van der Waals surface area contributed by atoms with E-state index in [9.17, 15) is 0 Å². The third-order valence-electron chi connectivity index (χ3n) is 3.26. The SMILES string of the molecule is CC(C)Oc1c(Cl)cc(Cl)cc1CNCCc1ccc(Cl)cc1. The molecule has 124 valence electrons. The van der Waals surface area contributed by atoms with Crippen molar-refractivity contribution in [3.63, 3.8) is 0 Å². The van der Waals surface area contributed by atoms with Crippen LogP contribution in [0.5, 0.6) is 5.75 Å². The van der Waals surface area contributed by atoms with E-state index in [4.69, 9.17) is 39.5 Å². The summed E-state index contributed by atoms with van der Waals surface area (Å²) in [6, 6.07) is 11.5. The molecule has 0 saturated carbocycles. The Balaban J connectivity index is 1.95. The summed E-state index contributed by atoms with van der Waals surface area (Å²) in [5.74, 6) is 0.699. The summed E-state index contributed by atoms with van der Waals surface area (Å²) in [5.41, 5.74) is 2.21. The smallest absolute Gasteiger partial charge is 0.142 e. The van der Waals surface area contributed by atoms with E-state index in [0.717, 1.165) is 23.6 Å². The molecule has 0 heterocycles. The Morgan fingerprint density at radius 2 is 1.70 bits per heavy atom. The van der Waals surface area contributed by atoms with Gasteiger partial charge in [0, 0.05) is 22.2 Å². The molecular formula is C18H20Cl3NO. The highest BCUT2D eigenvalue weighted by Gasteiger charge is 2.12. The maximum Gasteiger partial charge on any atom is 0.142 e. The Hall–Kier alpha value is -0.930. The fourth-order valence-electron chi connectivity index (χ4n) is 2.22. The van der Waals surface area contributed by atoms with Crippen molar-refractivity contribution >= 4 is 34.8 Å². The lowest BCUT2D eigenvalue weighted by molar-refractivity contribution is 0.239. The number of nitrogens with one attached hydrogen (secondary N) is 1. The number of hydrogen-bond acceptors (Lipinski definition) is 2. The Morgan fingerprint density at radius 1 is 1.00 bits per heavy atom. The molecule has 2 rings (SSSR count). The highest BCUT2D eigenvalue weighted by atomic mass is 35.5. The summed E-state index contributed by atoms with van der Waals surface area (Å²) in [5, 5.41) is 5.31. The van der Waals surface area contributed by atoms with E-state index >= 15 is 0 Å².